The zero-order chi connectivity index (χ0) is 11.1. The van der Waals surface area contributed by atoms with Crippen molar-refractivity contribution in [2.24, 2.45) is 5.92 Å². The minimum Gasteiger partial charge on any atom is -0.381 e. The SMILES string of the molecule is O=c1[nH]c2cnc(Cl)nc2n1CC1COC1. The molecule has 2 aromatic rings. The highest BCUT2D eigenvalue weighted by Gasteiger charge is 2.21. The Morgan fingerprint density at radius 3 is 3.12 bits per heavy atom. The predicted molar refractivity (Wildman–Crippen MR) is 57.5 cm³/mol. The Morgan fingerprint density at radius 1 is 1.62 bits per heavy atom. The average Bonchev–Trinajstić information content (AvgIpc) is 2.48. The molecular formula is C9H9ClN4O2. The summed E-state index contributed by atoms with van der Waals surface area (Å²) in [6.45, 7) is 1.99. The number of rotatable bonds is 2. The van der Waals surface area contributed by atoms with Gasteiger partial charge in [0.15, 0.2) is 5.65 Å². The van der Waals surface area contributed by atoms with Gasteiger partial charge in [-0.2, -0.15) is 4.98 Å². The van der Waals surface area contributed by atoms with E-state index in [2.05, 4.69) is 15.0 Å². The minimum atomic E-state index is -0.182. The number of imidazole rings is 1. The van der Waals surface area contributed by atoms with Crippen LogP contribution in [0.1, 0.15) is 0 Å². The molecule has 0 unspecified atom stereocenters. The van der Waals surface area contributed by atoms with E-state index in [9.17, 15) is 4.79 Å². The first kappa shape index (κ1) is 9.80. The van der Waals surface area contributed by atoms with Crippen LogP contribution in [0.2, 0.25) is 5.28 Å². The van der Waals surface area contributed by atoms with Crippen LogP contribution in [0.15, 0.2) is 11.0 Å². The molecule has 1 N–H and O–H groups in total. The normalized spacial score (nSPS) is 16.6. The fourth-order valence-corrected chi connectivity index (χ4v) is 1.87. The molecule has 1 aliphatic heterocycles. The molecule has 0 saturated carbocycles. The van der Waals surface area contributed by atoms with Gasteiger partial charge >= 0.3 is 5.69 Å². The number of ether oxygens (including phenoxy) is 1. The van der Waals surface area contributed by atoms with Crippen LogP contribution < -0.4 is 5.69 Å². The van der Waals surface area contributed by atoms with Gasteiger partial charge in [-0.3, -0.25) is 4.57 Å². The number of hydrogen-bond acceptors (Lipinski definition) is 4. The topological polar surface area (TPSA) is 72.8 Å². The molecule has 0 aliphatic carbocycles. The third kappa shape index (κ3) is 1.50. The standard InChI is InChI=1S/C9H9ClN4O2/c10-8-11-1-6-7(13-8)14(9(15)12-6)2-5-3-16-4-5/h1,5H,2-4H2,(H,12,15). The summed E-state index contributed by atoms with van der Waals surface area (Å²) in [4.78, 5) is 22.2. The lowest BCUT2D eigenvalue weighted by atomic mass is 10.1. The Morgan fingerprint density at radius 2 is 2.44 bits per heavy atom. The number of hydrogen-bond donors (Lipinski definition) is 1. The molecule has 0 spiro atoms. The minimum absolute atomic E-state index is 0.144. The Labute approximate surface area is 95.2 Å². The van der Waals surface area contributed by atoms with E-state index in [0.717, 1.165) is 0 Å². The van der Waals surface area contributed by atoms with Crippen LogP contribution >= 0.6 is 11.6 Å². The fraction of sp³-hybridized carbons (Fsp3) is 0.444. The predicted octanol–water partition coefficient (Wildman–Crippen LogP) is 0.419. The monoisotopic (exact) mass is 240 g/mol. The molecule has 0 amide bonds. The third-order valence-corrected chi connectivity index (χ3v) is 2.81. The lowest BCUT2D eigenvalue weighted by Crippen LogP contribution is -2.34. The number of fused-ring (bicyclic) bond motifs is 1. The number of halogens is 1. The summed E-state index contributed by atoms with van der Waals surface area (Å²) < 4.78 is 6.65. The molecule has 1 fully saturated rings. The number of nitrogens with zero attached hydrogens (tertiary/aromatic N) is 3. The van der Waals surface area contributed by atoms with E-state index in [1.165, 1.54) is 6.20 Å². The van der Waals surface area contributed by atoms with Crippen LogP contribution in [0.3, 0.4) is 0 Å². The zero-order valence-corrected chi connectivity index (χ0v) is 9.07. The Hall–Kier alpha value is -1.40. The van der Waals surface area contributed by atoms with Crippen molar-refractivity contribution < 1.29 is 4.74 Å². The van der Waals surface area contributed by atoms with E-state index in [-0.39, 0.29) is 11.0 Å². The largest absolute Gasteiger partial charge is 0.381 e. The molecule has 16 heavy (non-hydrogen) atoms. The van der Waals surface area contributed by atoms with E-state index >= 15 is 0 Å². The summed E-state index contributed by atoms with van der Waals surface area (Å²) >= 11 is 5.71. The third-order valence-electron chi connectivity index (χ3n) is 2.63. The molecule has 1 saturated heterocycles. The van der Waals surface area contributed by atoms with Crippen molar-refractivity contribution in [3.63, 3.8) is 0 Å². The summed E-state index contributed by atoms with van der Waals surface area (Å²) in [6.07, 6.45) is 1.51. The van der Waals surface area contributed by atoms with Crippen molar-refractivity contribution in [2.45, 2.75) is 6.54 Å². The first-order chi connectivity index (χ1) is 7.74. The maximum atomic E-state index is 11.7. The van der Waals surface area contributed by atoms with Crippen LogP contribution in [0.4, 0.5) is 0 Å². The van der Waals surface area contributed by atoms with Crippen molar-refractivity contribution in [3.8, 4) is 0 Å². The fourth-order valence-electron chi connectivity index (χ4n) is 1.74. The second-order valence-corrected chi connectivity index (χ2v) is 4.16. The van der Waals surface area contributed by atoms with Crippen LogP contribution in [-0.2, 0) is 11.3 Å². The maximum absolute atomic E-state index is 11.7. The lowest BCUT2D eigenvalue weighted by molar-refractivity contribution is -0.0393. The average molecular weight is 241 g/mol. The van der Waals surface area contributed by atoms with Gasteiger partial charge < -0.3 is 9.72 Å². The van der Waals surface area contributed by atoms with Gasteiger partial charge in [-0.05, 0) is 11.6 Å². The smallest absolute Gasteiger partial charge is 0.327 e. The summed E-state index contributed by atoms with van der Waals surface area (Å²) in [5.74, 6) is 0.380. The van der Waals surface area contributed by atoms with Gasteiger partial charge in [0.05, 0.1) is 19.4 Å². The number of aromatic amines is 1. The van der Waals surface area contributed by atoms with Gasteiger partial charge in [-0.1, -0.05) is 0 Å². The molecule has 3 rings (SSSR count). The molecule has 84 valence electrons. The molecule has 1 aliphatic rings. The van der Waals surface area contributed by atoms with Gasteiger partial charge in [0.1, 0.15) is 5.52 Å². The van der Waals surface area contributed by atoms with E-state index in [1.807, 2.05) is 0 Å². The highest BCUT2D eigenvalue weighted by Crippen LogP contribution is 2.15. The van der Waals surface area contributed by atoms with E-state index in [0.29, 0.717) is 36.8 Å². The van der Waals surface area contributed by atoms with Gasteiger partial charge in [0.2, 0.25) is 5.28 Å². The van der Waals surface area contributed by atoms with Crippen LogP contribution in [-0.4, -0.2) is 32.7 Å². The highest BCUT2D eigenvalue weighted by atomic mass is 35.5. The zero-order valence-electron chi connectivity index (χ0n) is 8.31. The lowest BCUT2D eigenvalue weighted by Gasteiger charge is -2.25. The summed E-state index contributed by atoms with van der Waals surface area (Å²) in [7, 11) is 0. The van der Waals surface area contributed by atoms with Gasteiger partial charge in [-0.15, -0.1) is 0 Å². The first-order valence-corrected chi connectivity index (χ1v) is 5.30. The van der Waals surface area contributed by atoms with Crippen LogP contribution in [0.5, 0.6) is 0 Å². The van der Waals surface area contributed by atoms with Gasteiger partial charge in [-0.25, -0.2) is 9.78 Å². The Kier molecular flexibility index (Phi) is 2.19. The molecular weight excluding hydrogens is 232 g/mol. The second kappa shape index (κ2) is 3.57. The molecule has 3 heterocycles. The number of aromatic nitrogens is 4. The van der Waals surface area contributed by atoms with E-state index in [4.69, 9.17) is 16.3 Å². The van der Waals surface area contributed by atoms with Crippen molar-refractivity contribution in [1.82, 2.24) is 19.5 Å². The maximum Gasteiger partial charge on any atom is 0.327 e. The molecule has 0 radical (unpaired) electrons. The summed E-state index contributed by atoms with van der Waals surface area (Å²) in [5, 5.41) is 0.144. The van der Waals surface area contributed by atoms with E-state index < -0.39 is 0 Å². The second-order valence-electron chi connectivity index (χ2n) is 3.82. The Balaban J connectivity index is 2.09. The van der Waals surface area contributed by atoms with E-state index in [1.54, 1.807) is 4.57 Å². The summed E-state index contributed by atoms with van der Waals surface area (Å²) in [6, 6.07) is 0. The van der Waals surface area contributed by atoms with Crippen LogP contribution in [0.25, 0.3) is 11.2 Å². The van der Waals surface area contributed by atoms with Gasteiger partial charge in [0.25, 0.3) is 0 Å². The van der Waals surface area contributed by atoms with Crippen molar-refractivity contribution >= 4 is 22.8 Å². The van der Waals surface area contributed by atoms with Crippen molar-refractivity contribution in [3.05, 3.63) is 22.0 Å². The highest BCUT2D eigenvalue weighted by molar-refractivity contribution is 6.28. The molecule has 2 aromatic heterocycles. The van der Waals surface area contributed by atoms with Crippen molar-refractivity contribution in [1.29, 1.82) is 0 Å². The molecule has 0 bridgehead atoms. The van der Waals surface area contributed by atoms with Crippen molar-refractivity contribution in [2.75, 3.05) is 13.2 Å². The number of H-pyrrole nitrogens is 1. The number of nitrogens with one attached hydrogen (secondary N) is 1. The van der Waals surface area contributed by atoms with Crippen LogP contribution in [0, 0.1) is 5.92 Å². The Bertz CT molecular complexity index is 587. The summed E-state index contributed by atoms with van der Waals surface area (Å²) in [5.41, 5.74) is 0.977. The van der Waals surface area contributed by atoms with Gasteiger partial charge in [0, 0.05) is 12.5 Å². The molecule has 6 nitrogen and oxygen atoms in total. The molecule has 0 aromatic carbocycles. The quantitative estimate of drug-likeness (QED) is 0.773. The molecule has 0 atom stereocenters. The first-order valence-electron chi connectivity index (χ1n) is 4.93. The molecule has 7 heteroatoms.